The van der Waals surface area contributed by atoms with E-state index >= 15 is 4.39 Å². The summed E-state index contributed by atoms with van der Waals surface area (Å²) in [6.07, 6.45) is 2.88. The van der Waals surface area contributed by atoms with Crippen LogP contribution in [0.25, 0.3) is 22.3 Å². The molecule has 4 aromatic rings. The Bertz CT molecular complexity index is 3370. The number of fused-ring (bicyclic) bond motifs is 6. The van der Waals surface area contributed by atoms with Crippen LogP contribution in [0.15, 0.2) is 59.4 Å². The van der Waals surface area contributed by atoms with Crippen LogP contribution in [0.2, 0.25) is 0 Å². The van der Waals surface area contributed by atoms with Crippen LogP contribution in [0.4, 0.5) is 4.39 Å². The van der Waals surface area contributed by atoms with Gasteiger partial charge in [-0.1, -0.05) is 30.3 Å². The van der Waals surface area contributed by atoms with Gasteiger partial charge in [-0.15, -0.1) is 0 Å². The number of nitrogens with zero attached hydrogens (tertiary/aromatic N) is 3. The minimum atomic E-state index is -1.38. The smallest absolute Gasteiger partial charge is 0.346 e. The lowest BCUT2D eigenvalue weighted by molar-refractivity contribution is -0.154. The average molecular weight is 1150 g/mol. The van der Waals surface area contributed by atoms with Gasteiger partial charge in [-0.2, -0.15) is 0 Å². The third kappa shape index (κ3) is 13.5. The second-order valence-corrected chi connectivity index (χ2v) is 20.5. The van der Waals surface area contributed by atoms with Crippen LogP contribution in [0, 0.1) is 12.7 Å². The SMILES string of the molecule is Cc1c(F)cc2nc3c(c4c2c1CC[C@@H]4NC(=O)CCCNC(=O)CNC(=O)C(Cc1ccccc1)NC(=O)CNC(=O)CNC(=O)CCOCCOCCNC(=O)CCN1C(=O)C=CC1=O)Cn1c-3cc2c(c1=O)COC(=O)[C@@]21OC1C. The normalized spacial score (nSPS) is 18.2. The van der Waals surface area contributed by atoms with Crippen molar-refractivity contribution in [2.75, 3.05) is 65.7 Å². The lowest BCUT2D eigenvalue weighted by Crippen LogP contribution is -2.52. The maximum absolute atomic E-state index is 15.4. The molecule has 0 bridgehead atoms. The number of halogens is 1. The number of pyridine rings is 2. The number of carbonyl (C=O) groups excluding carboxylic acids is 10. The number of rotatable bonds is 27. The first-order valence-electron chi connectivity index (χ1n) is 27.4. The highest BCUT2D eigenvalue weighted by Crippen LogP contribution is 2.52. The quantitative estimate of drug-likeness (QED) is 0.0151. The minimum absolute atomic E-state index is 0.0152. The van der Waals surface area contributed by atoms with Crippen LogP contribution in [0.1, 0.15) is 84.0 Å². The molecule has 2 aromatic heterocycles. The Morgan fingerprint density at radius 1 is 0.771 bits per heavy atom. The number of esters is 1. The summed E-state index contributed by atoms with van der Waals surface area (Å²) in [7, 11) is 0. The summed E-state index contributed by atoms with van der Waals surface area (Å²) in [6, 6.07) is 10.2. The molecule has 0 radical (unpaired) electrons. The van der Waals surface area contributed by atoms with Crippen molar-refractivity contribution in [1.82, 2.24) is 51.7 Å². The van der Waals surface area contributed by atoms with E-state index in [2.05, 4.69) is 37.2 Å². The Labute approximate surface area is 474 Å². The number of ether oxygens (including phenoxy) is 4. The predicted octanol–water partition coefficient (Wildman–Crippen LogP) is -0.526. The maximum atomic E-state index is 15.4. The number of nitrogens with one attached hydrogen (secondary N) is 7. The second-order valence-electron chi connectivity index (χ2n) is 20.5. The fourth-order valence-electron chi connectivity index (χ4n) is 10.7. The molecule has 9 rings (SSSR count). The summed E-state index contributed by atoms with van der Waals surface area (Å²) in [4.78, 5) is 146. The zero-order valence-corrected chi connectivity index (χ0v) is 45.7. The van der Waals surface area contributed by atoms with Crippen LogP contribution in [-0.4, -0.2) is 151 Å². The van der Waals surface area contributed by atoms with E-state index in [0.29, 0.717) is 57.6 Å². The van der Waals surface area contributed by atoms with Gasteiger partial charge in [0.1, 0.15) is 24.6 Å². The molecular formula is C57H63FN10O15. The number of aryl methyl sites for hydroxylation is 1. The Hall–Kier alpha value is -8.75. The average Bonchev–Trinajstić information content (AvgIpc) is 3.62. The van der Waals surface area contributed by atoms with E-state index < -0.39 is 96.6 Å². The number of aromatic nitrogens is 2. The molecule has 5 aliphatic rings. The Morgan fingerprint density at radius 3 is 2.19 bits per heavy atom. The molecule has 438 valence electrons. The molecule has 1 saturated heterocycles. The van der Waals surface area contributed by atoms with Gasteiger partial charge in [-0.3, -0.25) is 52.8 Å². The fourth-order valence-corrected chi connectivity index (χ4v) is 10.7. The first-order valence-corrected chi connectivity index (χ1v) is 27.4. The fraction of sp³-hybridized carbons (Fsp3) is 0.439. The zero-order valence-electron chi connectivity index (χ0n) is 45.7. The molecular weight excluding hydrogens is 1080 g/mol. The number of epoxide rings is 1. The summed E-state index contributed by atoms with van der Waals surface area (Å²) in [6.45, 7) is 2.74. The summed E-state index contributed by atoms with van der Waals surface area (Å²) in [5, 5.41) is 19.1. The monoisotopic (exact) mass is 1150 g/mol. The summed E-state index contributed by atoms with van der Waals surface area (Å²) >= 11 is 0. The molecule has 1 spiro atoms. The van der Waals surface area contributed by atoms with Crippen LogP contribution in [0.3, 0.4) is 0 Å². The highest BCUT2D eigenvalue weighted by Gasteiger charge is 2.66. The Morgan fingerprint density at radius 2 is 1.45 bits per heavy atom. The van der Waals surface area contributed by atoms with Crippen molar-refractivity contribution in [3.8, 4) is 11.4 Å². The first-order chi connectivity index (χ1) is 39.9. The van der Waals surface area contributed by atoms with Crippen molar-refractivity contribution in [2.24, 2.45) is 0 Å². The minimum Gasteiger partial charge on any atom is -0.458 e. The molecule has 4 atom stereocenters. The van der Waals surface area contributed by atoms with Gasteiger partial charge >= 0.3 is 5.97 Å². The van der Waals surface area contributed by atoms with Gasteiger partial charge in [0.15, 0.2) is 0 Å². The number of imide groups is 1. The number of hydrogen-bond donors (Lipinski definition) is 7. The molecule has 0 saturated carbocycles. The molecule has 2 unspecified atom stereocenters. The largest absolute Gasteiger partial charge is 0.458 e. The molecule has 6 heterocycles. The topological polar surface area (TPSA) is 333 Å². The standard InChI is InChI=1S/C57H63FN10O15/c1-31-34-10-11-39(52-35-29-68-42(53(35)66-40(51(34)52)25-38(31)58)24-37-36(55(68)78)30-82-56(79)57(37)32(2)83-57)64-45(71)9-6-16-59-46(72)27-63-54(77)41(23-33-7-4-3-5-8-33)65-48(74)28-62-47(73)26-61-44(70)15-19-80-21-22-81-20-17-60-43(69)14-18-67-49(75)12-13-50(67)76/h3-5,7-8,12-13,24-25,32,39,41H,6,9-11,14-23,26-30H2,1-2H3,(H,59,72)(H,60,69)(H,61,70)(H,62,73)(H,63,77)(H,64,71)(H,65,74)/t32?,39-,41?,57-/m0/s1. The van der Waals surface area contributed by atoms with Crippen LogP contribution in [0.5, 0.6) is 0 Å². The Kier molecular flexibility index (Phi) is 18.5. The van der Waals surface area contributed by atoms with E-state index in [-0.39, 0.29) is 109 Å². The molecule has 4 aliphatic heterocycles. The van der Waals surface area contributed by atoms with Crippen molar-refractivity contribution in [1.29, 1.82) is 0 Å². The first kappa shape index (κ1) is 58.9. The highest BCUT2D eigenvalue weighted by molar-refractivity contribution is 6.13. The Balaban J connectivity index is 0.680. The molecule has 25 nitrogen and oxygen atoms in total. The molecule has 2 aromatic carbocycles. The van der Waals surface area contributed by atoms with Crippen molar-refractivity contribution >= 4 is 70.0 Å². The van der Waals surface area contributed by atoms with Gasteiger partial charge in [0.25, 0.3) is 17.4 Å². The molecule has 7 N–H and O–H groups in total. The molecule has 83 heavy (non-hydrogen) atoms. The lowest BCUT2D eigenvalue weighted by atomic mass is 9.81. The number of hydrogen-bond acceptors (Lipinski definition) is 16. The zero-order chi connectivity index (χ0) is 59.0. The van der Waals surface area contributed by atoms with E-state index in [4.69, 9.17) is 23.9 Å². The third-order valence-electron chi connectivity index (χ3n) is 15.0. The van der Waals surface area contributed by atoms with E-state index in [1.165, 1.54) is 6.07 Å². The van der Waals surface area contributed by atoms with E-state index in [9.17, 15) is 52.7 Å². The van der Waals surface area contributed by atoms with Gasteiger partial charge in [-0.25, -0.2) is 14.2 Å². The van der Waals surface area contributed by atoms with E-state index in [0.717, 1.165) is 33.6 Å². The lowest BCUT2D eigenvalue weighted by Gasteiger charge is -2.30. The second kappa shape index (κ2) is 26.0. The van der Waals surface area contributed by atoms with Crippen LogP contribution < -0.4 is 42.8 Å². The third-order valence-corrected chi connectivity index (χ3v) is 15.0. The molecule has 26 heteroatoms. The highest BCUT2D eigenvalue weighted by atomic mass is 19.1. The summed E-state index contributed by atoms with van der Waals surface area (Å²) < 4.78 is 38.9. The summed E-state index contributed by atoms with van der Waals surface area (Å²) in [5.41, 5.74) is 3.70. The summed E-state index contributed by atoms with van der Waals surface area (Å²) in [5.74, 6) is -5.68. The molecule has 9 amide bonds. The number of amides is 9. The van der Waals surface area contributed by atoms with Gasteiger partial charge in [0, 0.05) is 80.0 Å². The van der Waals surface area contributed by atoms with Gasteiger partial charge < -0.3 is 60.7 Å². The van der Waals surface area contributed by atoms with Crippen molar-refractivity contribution in [3.05, 3.63) is 110 Å². The van der Waals surface area contributed by atoms with E-state index in [1.54, 1.807) is 54.8 Å². The molecule has 1 aliphatic carbocycles. The number of carbonyl (C=O) groups is 10. The van der Waals surface area contributed by atoms with Gasteiger partial charge in [-0.05, 0) is 61.4 Å². The molecule has 1 fully saturated rings. The maximum Gasteiger partial charge on any atom is 0.346 e. The van der Waals surface area contributed by atoms with Crippen LogP contribution >= 0.6 is 0 Å². The van der Waals surface area contributed by atoms with Crippen molar-refractivity contribution in [3.63, 3.8) is 0 Å². The van der Waals surface area contributed by atoms with Crippen molar-refractivity contribution < 1.29 is 71.3 Å². The number of benzene rings is 2. The number of cyclic esters (lactones) is 1. The van der Waals surface area contributed by atoms with E-state index in [1.807, 2.05) is 0 Å². The van der Waals surface area contributed by atoms with Gasteiger partial charge in [0.05, 0.1) is 81.1 Å². The van der Waals surface area contributed by atoms with Crippen molar-refractivity contribution in [2.45, 2.75) is 95.7 Å². The predicted molar refractivity (Wildman–Crippen MR) is 290 cm³/mol. The van der Waals surface area contributed by atoms with Crippen LogP contribution in [-0.2, 0) is 98.5 Å². The van der Waals surface area contributed by atoms with Gasteiger partial charge in [0.2, 0.25) is 47.0 Å².